The average molecular weight is 308 g/mol. The van der Waals surface area contributed by atoms with Crippen LogP contribution in [0, 0.1) is 0 Å². The van der Waals surface area contributed by atoms with Gasteiger partial charge in [0, 0.05) is 12.1 Å². The summed E-state index contributed by atoms with van der Waals surface area (Å²) in [7, 11) is 0. The van der Waals surface area contributed by atoms with Crippen LogP contribution in [0.3, 0.4) is 0 Å². The highest BCUT2D eigenvalue weighted by atomic mass is 16.2. The van der Waals surface area contributed by atoms with Crippen molar-refractivity contribution >= 4 is 11.8 Å². The number of carbonyl (C=O) groups is 2. The SMILES string of the molecule is NC(=O)c1cccc(CNC(=O)C2CCCc3ccccc32)c1. The van der Waals surface area contributed by atoms with Gasteiger partial charge in [-0.2, -0.15) is 0 Å². The number of fused-ring (bicyclic) bond motifs is 1. The Labute approximate surface area is 135 Å². The number of amides is 2. The number of nitrogens with two attached hydrogens (primary N) is 1. The molecule has 1 aliphatic carbocycles. The largest absolute Gasteiger partial charge is 0.366 e. The maximum absolute atomic E-state index is 12.6. The van der Waals surface area contributed by atoms with Gasteiger partial charge < -0.3 is 11.1 Å². The molecule has 0 aliphatic heterocycles. The predicted octanol–water partition coefficient (Wildman–Crippen LogP) is 2.52. The summed E-state index contributed by atoms with van der Waals surface area (Å²) in [5.74, 6) is -0.500. The lowest BCUT2D eigenvalue weighted by molar-refractivity contribution is -0.123. The van der Waals surface area contributed by atoms with Crippen LogP contribution in [0.2, 0.25) is 0 Å². The fraction of sp³-hybridized carbons (Fsp3) is 0.263. The van der Waals surface area contributed by atoms with Crippen LogP contribution in [0.5, 0.6) is 0 Å². The van der Waals surface area contributed by atoms with Gasteiger partial charge in [-0.15, -0.1) is 0 Å². The van der Waals surface area contributed by atoms with Crippen molar-refractivity contribution in [1.82, 2.24) is 5.32 Å². The van der Waals surface area contributed by atoms with Crippen LogP contribution in [0.4, 0.5) is 0 Å². The zero-order chi connectivity index (χ0) is 16.2. The monoisotopic (exact) mass is 308 g/mol. The van der Waals surface area contributed by atoms with E-state index in [-0.39, 0.29) is 11.8 Å². The molecular formula is C19H20N2O2. The molecule has 1 aliphatic rings. The number of hydrogen-bond donors (Lipinski definition) is 2. The number of rotatable bonds is 4. The Hall–Kier alpha value is -2.62. The van der Waals surface area contributed by atoms with Gasteiger partial charge in [0.15, 0.2) is 0 Å². The van der Waals surface area contributed by atoms with Crippen LogP contribution in [0.1, 0.15) is 45.8 Å². The third kappa shape index (κ3) is 3.42. The Bertz CT molecular complexity index is 740. The van der Waals surface area contributed by atoms with E-state index in [0.29, 0.717) is 12.1 Å². The first-order chi connectivity index (χ1) is 11.1. The lowest BCUT2D eigenvalue weighted by atomic mass is 9.82. The first-order valence-corrected chi connectivity index (χ1v) is 7.89. The van der Waals surface area contributed by atoms with Crippen molar-refractivity contribution in [1.29, 1.82) is 0 Å². The second kappa shape index (κ2) is 6.65. The van der Waals surface area contributed by atoms with E-state index in [9.17, 15) is 9.59 Å². The Morgan fingerprint density at radius 3 is 2.78 bits per heavy atom. The maximum Gasteiger partial charge on any atom is 0.248 e. The highest BCUT2D eigenvalue weighted by molar-refractivity contribution is 5.93. The number of benzene rings is 2. The van der Waals surface area contributed by atoms with E-state index < -0.39 is 5.91 Å². The van der Waals surface area contributed by atoms with Gasteiger partial charge in [0.2, 0.25) is 11.8 Å². The van der Waals surface area contributed by atoms with Gasteiger partial charge in [-0.25, -0.2) is 0 Å². The molecule has 0 aromatic heterocycles. The lowest BCUT2D eigenvalue weighted by Gasteiger charge is -2.24. The molecule has 0 fully saturated rings. The molecule has 2 amide bonds. The summed E-state index contributed by atoms with van der Waals surface area (Å²) in [4.78, 5) is 23.8. The third-order valence-electron chi connectivity index (χ3n) is 4.36. The minimum absolute atomic E-state index is 0.0432. The van der Waals surface area contributed by atoms with Crippen molar-refractivity contribution in [3.63, 3.8) is 0 Å². The molecule has 0 saturated carbocycles. The predicted molar refractivity (Wildman–Crippen MR) is 88.9 cm³/mol. The van der Waals surface area contributed by atoms with Crippen LogP contribution in [-0.2, 0) is 17.8 Å². The molecule has 0 saturated heterocycles. The maximum atomic E-state index is 12.6. The number of carbonyl (C=O) groups excluding carboxylic acids is 2. The number of primary amides is 1. The second-order valence-electron chi connectivity index (χ2n) is 5.93. The van der Waals surface area contributed by atoms with E-state index in [0.717, 1.165) is 30.4 Å². The highest BCUT2D eigenvalue weighted by Crippen LogP contribution is 2.31. The topological polar surface area (TPSA) is 72.2 Å². The van der Waals surface area contributed by atoms with Crippen molar-refractivity contribution in [3.8, 4) is 0 Å². The average Bonchev–Trinajstić information content (AvgIpc) is 2.59. The van der Waals surface area contributed by atoms with E-state index in [4.69, 9.17) is 5.73 Å². The van der Waals surface area contributed by atoms with E-state index in [2.05, 4.69) is 11.4 Å². The van der Waals surface area contributed by atoms with Crippen LogP contribution in [-0.4, -0.2) is 11.8 Å². The molecule has 0 heterocycles. The van der Waals surface area contributed by atoms with Gasteiger partial charge in [0.25, 0.3) is 0 Å². The smallest absolute Gasteiger partial charge is 0.248 e. The molecule has 118 valence electrons. The number of hydrogen-bond acceptors (Lipinski definition) is 2. The molecule has 1 unspecified atom stereocenters. The first-order valence-electron chi connectivity index (χ1n) is 7.89. The van der Waals surface area contributed by atoms with Gasteiger partial charge in [0.1, 0.15) is 0 Å². The van der Waals surface area contributed by atoms with Gasteiger partial charge in [0.05, 0.1) is 5.92 Å². The summed E-state index contributed by atoms with van der Waals surface area (Å²) >= 11 is 0. The highest BCUT2D eigenvalue weighted by Gasteiger charge is 2.25. The summed E-state index contributed by atoms with van der Waals surface area (Å²) in [5, 5.41) is 2.98. The Morgan fingerprint density at radius 2 is 1.96 bits per heavy atom. The summed E-state index contributed by atoms with van der Waals surface area (Å²) in [6.07, 6.45) is 2.96. The molecule has 23 heavy (non-hydrogen) atoms. The number of nitrogens with one attached hydrogen (secondary N) is 1. The Kier molecular flexibility index (Phi) is 4.42. The van der Waals surface area contributed by atoms with Crippen LogP contribution < -0.4 is 11.1 Å². The van der Waals surface area contributed by atoms with E-state index in [1.165, 1.54) is 5.56 Å². The third-order valence-corrected chi connectivity index (χ3v) is 4.36. The zero-order valence-electron chi connectivity index (χ0n) is 12.9. The van der Waals surface area contributed by atoms with Crippen LogP contribution in [0.15, 0.2) is 48.5 Å². The molecule has 4 heteroatoms. The lowest BCUT2D eigenvalue weighted by Crippen LogP contribution is -2.31. The zero-order valence-corrected chi connectivity index (χ0v) is 12.9. The minimum atomic E-state index is -0.459. The molecule has 3 N–H and O–H groups in total. The van der Waals surface area contributed by atoms with Crippen molar-refractivity contribution < 1.29 is 9.59 Å². The van der Waals surface area contributed by atoms with E-state index in [1.807, 2.05) is 24.3 Å². The van der Waals surface area contributed by atoms with Gasteiger partial charge in [-0.1, -0.05) is 36.4 Å². The molecular weight excluding hydrogens is 288 g/mol. The van der Waals surface area contributed by atoms with Crippen LogP contribution in [0.25, 0.3) is 0 Å². The summed E-state index contributed by atoms with van der Waals surface area (Å²) in [6.45, 7) is 0.401. The molecule has 0 spiro atoms. The summed E-state index contributed by atoms with van der Waals surface area (Å²) in [6, 6.07) is 15.2. The van der Waals surface area contributed by atoms with E-state index in [1.54, 1.807) is 18.2 Å². The fourth-order valence-electron chi connectivity index (χ4n) is 3.17. The van der Waals surface area contributed by atoms with E-state index >= 15 is 0 Å². The quantitative estimate of drug-likeness (QED) is 0.911. The van der Waals surface area contributed by atoms with Gasteiger partial charge >= 0.3 is 0 Å². The molecule has 1 atom stereocenters. The first kappa shape index (κ1) is 15.3. The molecule has 3 rings (SSSR count). The normalized spacial score (nSPS) is 16.4. The number of aryl methyl sites for hydroxylation is 1. The summed E-state index contributed by atoms with van der Waals surface area (Å²) in [5.41, 5.74) is 9.03. The summed E-state index contributed by atoms with van der Waals surface area (Å²) < 4.78 is 0. The molecule has 4 nitrogen and oxygen atoms in total. The molecule has 2 aromatic carbocycles. The van der Waals surface area contributed by atoms with Gasteiger partial charge in [-0.3, -0.25) is 9.59 Å². The minimum Gasteiger partial charge on any atom is -0.366 e. The second-order valence-corrected chi connectivity index (χ2v) is 5.93. The Balaban J connectivity index is 1.69. The molecule has 0 bridgehead atoms. The molecule has 0 radical (unpaired) electrons. The fourth-order valence-corrected chi connectivity index (χ4v) is 3.17. The van der Waals surface area contributed by atoms with Crippen molar-refractivity contribution in [2.75, 3.05) is 0 Å². The van der Waals surface area contributed by atoms with Crippen molar-refractivity contribution in [3.05, 3.63) is 70.8 Å². The van der Waals surface area contributed by atoms with Crippen molar-refractivity contribution in [2.45, 2.75) is 31.7 Å². The Morgan fingerprint density at radius 1 is 1.13 bits per heavy atom. The standard InChI is InChI=1S/C19H20N2O2/c20-18(22)15-8-3-5-13(11-15)12-21-19(23)17-10-4-7-14-6-1-2-9-16(14)17/h1-3,5-6,8-9,11,17H,4,7,10,12H2,(H2,20,22)(H,21,23). The van der Waals surface area contributed by atoms with Crippen molar-refractivity contribution in [2.24, 2.45) is 5.73 Å². The molecule has 2 aromatic rings. The van der Waals surface area contributed by atoms with Crippen LogP contribution >= 0.6 is 0 Å². The van der Waals surface area contributed by atoms with Gasteiger partial charge in [-0.05, 0) is 48.1 Å².